The number of hydrogen-bond donors (Lipinski definition) is 1. The zero-order valence-corrected chi connectivity index (χ0v) is 9.90. The molecule has 0 radical (unpaired) electrons. The summed E-state index contributed by atoms with van der Waals surface area (Å²) in [4.78, 5) is 1.11. The van der Waals surface area contributed by atoms with E-state index in [9.17, 15) is 4.39 Å². The van der Waals surface area contributed by atoms with Crippen LogP contribution in [0.2, 0.25) is 0 Å². The van der Waals surface area contributed by atoms with Crippen molar-refractivity contribution in [1.29, 1.82) is 0 Å². The Morgan fingerprint density at radius 3 is 2.60 bits per heavy atom. The maximum absolute atomic E-state index is 13.7. The summed E-state index contributed by atoms with van der Waals surface area (Å²) >= 11 is 1.64. The van der Waals surface area contributed by atoms with E-state index in [0.717, 1.165) is 23.3 Å². The molecular formula is C12H16FNS. The monoisotopic (exact) mass is 225 g/mol. The minimum absolute atomic E-state index is 0.0316. The molecule has 0 saturated heterocycles. The third kappa shape index (κ3) is 1.79. The van der Waals surface area contributed by atoms with Crippen molar-refractivity contribution >= 4 is 11.8 Å². The summed E-state index contributed by atoms with van der Waals surface area (Å²) < 4.78 is 13.7. The van der Waals surface area contributed by atoms with Crippen LogP contribution in [0.25, 0.3) is 0 Å². The van der Waals surface area contributed by atoms with Gasteiger partial charge < -0.3 is 5.73 Å². The number of halogens is 1. The first kappa shape index (κ1) is 11.0. The van der Waals surface area contributed by atoms with E-state index in [0.29, 0.717) is 0 Å². The van der Waals surface area contributed by atoms with Crippen molar-refractivity contribution in [3.63, 3.8) is 0 Å². The van der Waals surface area contributed by atoms with Crippen LogP contribution in [-0.2, 0) is 5.41 Å². The van der Waals surface area contributed by atoms with E-state index in [2.05, 4.69) is 0 Å². The van der Waals surface area contributed by atoms with Crippen molar-refractivity contribution in [2.75, 3.05) is 6.26 Å². The predicted molar refractivity (Wildman–Crippen MR) is 62.7 cm³/mol. The van der Waals surface area contributed by atoms with Crippen LogP contribution in [0, 0.1) is 5.82 Å². The first-order valence-electron chi connectivity index (χ1n) is 5.20. The number of nitrogens with two attached hydrogens (primary N) is 1. The summed E-state index contributed by atoms with van der Waals surface area (Å²) in [6, 6.07) is 5.37. The highest BCUT2D eigenvalue weighted by Crippen LogP contribution is 2.51. The second-order valence-electron chi connectivity index (χ2n) is 4.29. The van der Waals surface area contributed by atoms with Crippen molar-refractivity contribution in [3.8, 4) is 0 Å². The Balaban J connectivity index is 2.43. The molecule has 1 unspecified atom stereocenters. The molecule has 1 aromatic rings. The lowest BCUT2D eigenvalue weighted by Gasteiger charge is -2.21. The molecule has 2 rings (SSSR count). The average molecular weight is 225 g/mol. The molecule has 82 valence electrons. The van der Waals surface area contributed by atoms with Gasteiger partial charge in [-0.05, 0) is 49.8 Å². The van der Waals surface area contributed by atoms with Crippen molar-refractivity contribution in [2.45, 2.75) is 36.1 Å². The van der Waals surface area contributed by atoms with Crippen LogP contribution in [0.5, 0.6) is 0 Å². The summed E-state index contributed by atoms with van der Waals surface area (Å²) in [6.07, 6.45) is 4.03. The van der Waals surface area contributed by atoms with Gasteiger partial charge in [0, 0.05) is 16.4 Å². The largest absolute Gasteiger partial charge is 0.327 e. The van der Waals surface area contributed by atoms with Crippen molar-refractivity contribution in [1.82, 2.24) is 0 Å². The first-order chi connectivity index (χ1) is 7.10. The predicted octanol–water partition coefficient (Wildman–Crippen LogP) is 2.93. The second-order valence-corrected chi connectivity index (χ2v) is 5.17. The third-order valence-corrected chi connectivity index (χ3v) is 4.10. The van der Waals surface area contributed by atoms with Crippen LogP contribution in [0.1, 0.15) is 25.3 Å². The molecule has 1 atom stereocenters. The van der Waals surface area contributed by atoms with E-state index in [1.165, 1.54) is 0 Å². The number of rotatable bonds is 3. The van der Waals surface area contributed by atoms with Gasteiger partial charge in [-0.15, -0.1) is 11.8 Å². The van der Waals surface area contributed by atoms with Gasteiger partial charge >= 0.3 is 0 Å². The molecule has 0 spiro atoms. The Labute approximate surface area is 94.2 Å². The molecule has 1 saturated carbocycles. The maximum atomic E-state index is 13.7. The molecule has 0 heterocycles. The molecule has 1 nitrogen and oxygen atoms in total. The lowest BCUT2D eigenvalue weighted by Crippen LogP contribution is -2.32. The van der Waals surface area contributed by atoms with Crippen LogP contribution >= 0.6 is 11.8 Å². The van der Waals surface area contributed by atoms with Gasteiger partial charge in [0.15, 0.2) is 0 Å². The molecule has 0 aliphatic heterocycles. The highest BCUT2D eigenvalue weighted by Gasteiger charge is 2.48. The van der Waals surface area contributed by atoms with Gasteiger partial charge in [0.05, 0.1) is 0 Å². The number of hydrogen-bond acceptors (Lipinski definition) is 2. The lowest BCUT2D eigenvalue weighted by atomic mass is 9.89. The van der Waals surface area contributed by atoms with Crippen LogP contribution in [0.15, 0.2) is 23.1 Å². The van der Waals surface area contributed by atoms with Crippen LogP contribution in [0.3, 0.4) is 0 Å². The maximum Gasteiger partial charge on any atom is 0.127 e. The Hall–Kier alpha value is -0.540. The summed E-state index contributed by atoms with van der Waals surface area (Å²) in [5, 5.41) is 0. The fourth-order valence-corrected chi connectivity index (χ4v) is 2.56. The van der Waals surface area contributed by atoms with E-state index in [1.54, 1.807) is 17.8 Å². The summed E-state index contributed by atoms with van der Waals surface area (Å²) in [7, 11) is 0. The quantitative estimate of drug-likeness (QED) is 0.800. The smallest absolute Gasteiger partial charge is 0.127 e. The van der Waals surface area contributed by atoms with Crippen molar-refractivity contribution < 1.29 is 4.39 Å². The van der Waals surface area contributed by atoms with Crippen LogP contribution in [0.4, 0.5) is 4.39 Å². The lowest BCUT2D eigenvalue weighted by molar-refractivity contribution is 0.510. The Kier molecular flexibility index (Phi) is 2.77. The molecule has 0 amide bonds. The highest BCUT2D eigenvalue weighted by molar-refractivity contribution is 7.98. The summed E-state index contributed by atoms with van der Waals surface area (Å²) in [6.45, 7) is 1.97. The molecular weight excluding hydrogens is 209 g/mol. The van der Waals surface area contributed by atoms with Gasteiger partial charge in [0.1, 0.15) is 5.82 Å². The highest BCUT2D eigenvalue weighted by atomic mass is 32.2. The van der Waals surface area contributed by atoms with Crippen molar-refractivity contribution in [2.24, 2.45) is 5.73 Å². The standard InChI is InChI=1S/C12H16FNS/c1-8(14)12(5-6-12)10-7-9(15-2)3-4-11(10)13/h3-4,7-8H,5-6,14H2,1-2H3. The molecule has 1 fully saturated rings. The van der Waals surface area contributed by atoms with Gasteiger partial charge in [-0.3, -0.25) is 0 Å². The summed E-state index contributed by atoms with van der Waals surface area (Å²) in [5.74, 6) is -0.109. The van der Waals surface area contributed by atoms with E-state index in [4.69, 9.17) is 5.73 Å². The second kappa shape index (κ2) is 3.80. The molecule has 0 aromatic heterocycles. The molecule has 1 aliphatic carbocycles. The van der Waals surface area contributed by atoms with E-state index in [1.807, 2.05) is 25.3 Å². The fraction of sp³-hybridized carbons (Fsp3) is 0.500. The number of thioether (sulfide) groups is 1. The van der Waals surface area contributed by atoms with Gasteiger partial charge in [-0.25, -0.2) is 4.39 Å². The topological polar surface area (TPSA) is 26.0 Å². The minimum atomic E-state index is -0.109. The number of benzene rings is 1. The van der Waals surface area contributed by atoms with E-state index in [-0.39, 0.29) is 17.3 Å². The van der Waals surface area contributed by atoms with Crippen LogP contribution < -0.4 is 5.73 Å². The van der Waals surface area contributed by atoms with E-state index >= 15 is 0 Å². The summed E-state index contributed by atoms with van der Waals surface area (Å²) in [5.41, 5.74) is 6.67. The average Bonchev–Trinajstić information content (AvgIpc) is 2.99. The molecule has 3 heteroatoms. The Bertz CT molecular complexity index is 372. The Morgan fingerprint density at radius 2 is 2.13 bits per heavy atom. The van der Waals surface area contributed by atoms with Crippen LogP contribution in [-0.4, -0.2) is 12.3 Å². The normalized spacial score (nSPS) is 20.0. The zero-order valence-electron chi connectivity index (χ0n) is 9.09. The van der Waals surface area contributed by atoms with Gasteiger partial charge in [0.2, 0.25) is 0 Å². The fourth-order valence-electron chi connectivity index (χ4n) is 2.12. The Morgan fingerprint density at radius 1 is 1.47 bits per heavy atom. The first-order valence-corrected chi connectivity index (χ1v) is 6.42. The van der Waals surface area contributed by atoms with Crippen molar-refractivity contribution in [3.05, 3.63) is 29.6 Å². The molecule has 15 heavy (non-hydrogen) atoms. The van der Waals surface area contributed by atoms with Gasteiger partial charge in [-0.1, -0.05) is 0 Å². The molecule has 1 aliphatic rings. The van der Waals surface area contributed by atoms with E-state index < -0.39 is 0 Å². The minimum Gasteiger partial charge on any atom is -0.327 e. The molecule has 2 N–H and O–H groups in total. The SMILES string of the molecule is CSc1ccc(F)c(C2(C(C)N)CC2)c1. The van der Waals surface area contributed by atoms with Gasteiger partial charge in [-0.2, -0.15) is 0 Å². The third-order valence-electron chi connectivity index (χ3n) is 3.37. The molecule has 0 bridgehead atoms. The zero-order chi connectivity index (χ0) is 11.1. The molecule has 1 aromatic carbocycles. The van der Waals surface area contributed by atoms with Gasteiger partial charge in [0.25, 0.3) is 0 Å².